The van der Waals surface area contributed by atoms with Gasteiger partial charge in [-0.25, -0.2) is 4.39 Å². The fourth-order valence-electron chi connectivity index (χ4n) is 1.45. The van der Waals surface area contributed by atoms with Gasteiger partial charge in [-0.1, -0.05) is 4.49 Å². The molecule has 3 nitrogen and oxygen atoms in total. The normalized spacial score (nSPS) is 11.6. The number of alkyl halides is 3. The van der Waals surface area contributed by atoms with E-state index < -0.39 is 23.3 Å². The monoisotopic (exact) mass is 290 g/mol. The van der Waals surface area contributed by atoms with Gasteiger partial charge in [-0.15, -0.1) is 5.10 Å². The maximum atomic E-state index is 13.1. The van der Waals surface area contributed by atoms with Crippen molar-refractivity contribution >= 4 is 17.3 Å². The largest absolute Gasteiger partial charge is 0.419 e. The highest BCUT2D eigenvalue weighted by atomic mass is 32.1. The summed E-state index contributed by atoms with van der Waals surface area (Å²) < 4.78 is 54.3. The lowest BCUT2D eigenvalue weighted by atomic mass is 10.0. The number of benzene rings is 1. The van der Waals surface area contributed by atoms with Gasteiger partial charge in [0.15, 0.2) is 0 Å². The molecule has 1 aromatic carbocycles. The summed E-state index contributed by atoms with van der Waals surface area (Å²) in [7, 11) is 0. The lowest BCUT2D eigenvalue weighted by Crippen LogP contribution is -2.11. The Kier molecular flexibility index (Phi) is 3.36. The van der Waals surface area contributed by atoms with Crippen molar-refractivity contribution in [1.29, 1.82) is 0 Å². The summed E-state index contributed by atoms with van der Waals surface area (Å²) in [5.41, 5.74) is -1.38. The molecule has 0 aliphatic heterocycles. The Bertz CT molecular complexity index is 636. The molecule has 0 saturated carbocycles. The third-order valence-corrected chi connectivity index (χ3v) is 3.22. The topological polar surface area (TPSA) is 42.9 Å². The van der Waals surface area contributed by atoms with Crippen LogP contribution >= 0.6 is 11.5 Å². The standard InChI is InChI=1S/C11H6F4N2OS/c1-5-10(19-17-16-5)9(18)6-2-3-8(12)7(4-6)11(13,14)15/h2-4H,1H3. The number of aryl methyl sites for hydroxylation is 1. The molecule has 100 valence electrons. The minimum absolute atomic E-state index is 0.139. The fourth-order valence-corrected chi connectivity index (χ4v) is 2.07. The number of carbonyl (C=O) groups is 1. The van der Waals surface area contributed by atoms with Gasteiger partial charge in [-0.3, -0.25) is 4.79 Å². The van der Waals surface area contributed by atoms with Crippen LogP contribution in [0.4, 0.5) is 17.6 Å². The maximum absolute atomic E-state index is 13.1. The van der Waals surface area contributed by atoms with Gasteiger partial charge in [-0.05, 0) is 36.7 Å². The maximum Gasteiger partial charge on any atom is 0.419 e. The van der Waals surface area contributed by atoms with Gasteiger partial charge in [0.25, 0.3) is 0 Å². The van der Waals surface area contributed by atoms with Crippen LogP contribution in [-0.4, -0.2) is 15.4 Å². The van der Waals surface area contributed by atoms with Crippen LogP contribution in [0.1, 0.15) is 26.5 Å². The van der Waals surface area contributed by atoms with Crippen LogP contribution in [0.5, 0.6) is 0 Å². The highest BCUT2D eigenvalue weighted by Gasteiger charge is 2.35. The molecule has 0 amide bonds. The van der Waals surface area contributed by atoms with E-state index in [1.54, 1.807) is 0 Å². The molecule has 1 aromatic heterocycles. The van der Waals surface area contributed by atoms with Gasteiger partial charge >= 0.3 is 6.18 Å². The van der Waals surface area contributed by atoms with Crippen molar-refractivity contribution in [1.82, 2.24) is 9.59 Å². The van der Waals surface area contributed by atoms with Gasteiger partial charge in [0, 0.05) is 5.56 Å². The van der Waals surface area contributed by atoms with Gasteiger partial charge in [-0.2, -0.15) is 13.2 Å². The molecular weight excluding hydrogens is 284 g/mol. The minimum atomic E-state index is -4.85. The van der Waals surface area contributed by atoms with Crippen molar-refractivity contribution in [3.05, 3.63) is 45.7 Å². The van der Waals surface area contributed by atoms with Crippen LogP contribution < -0.4 is 0 Å². The predicted octanol–water partition coefficient (Wildman–Crippen LogP) is 3.24. The molecule has 19 heavy (non-hydrogen) atoms. The first-order chi connectivity index (χ1) is 8.80. The van der Waals surface area contributed by atoms with Crippen LogP contribution in [0, 0.1) is 12.7 Å². The summed E-state index contributed by atoms with van der Waals surface area (Å²) in [4.78, 5) is 12.1. The van der Waals surface area contributed by atoms with Crippen molar-refractivity contribution in [3.8, 4) is 0 Å². The molecule has 0 saturated heterocycles. The molecule has 0 spiro atoms. The zero-order chi connectivity index (χ0) is 14.2. The summed E-state index contributed by atoms with van der Waals surface area (Å²) >= 11 is 0.784. The first-order valence-corrected chi connectivity index (χ1v) is 5.78. The molecule has 0 fully saturated rings. The number of carbonyl (C=O) groups excluding carboxylic acids is 1. The van der Waals surface area contributed by atoms with Crippen LogP contribution in [0.25, 0.3) is 0 Å². The Hall–Kier alpha value is -1.83. The van der Waals surface area contributed by atoms with Gasteiger partial charge in [0.2, 0.25) is 5.78 Å². The number of aromatic nitrogens is 2. The summed E-state index contributed by atoms with van der Waals surface area (Å²) in [5, 5.41) is 3.60. The number of ketones is 1. The summed E-state index contributed by atoms with van der Waals surface area (Å²) in [5.74, 6) is -2.07. The average molecular weight is 290 g/mol. The molecule has 2 rings (SSSR count). The third-order valence-electron chi connectivity index (χ3n) is 2.39. The van der Waals surface area contributed by atoms with Crippen molar-refractivity contribution in [3.63, 3.8) is 0 Å². The van der Waals surface area contributed by atoms with Crippen LogP contribution in [0.15, 0.2) is 18.2 Å². The van der Waals surface area contributed by atoms with E-state index in [0.29, 0.717) is 17.8 Å². The van der Waals surface area contributed by atoms with Crippen LogP contribution in [0.3, 0.4) is 0 Å². The van der Waals surface area contributed by atoms with E-state index in [-0.39, 0.29) is 10.4 Å². The van der Waals surface area contributed by atoms with Crippen LogP contribution in [-0.2, 0) is 6.18 Å². The Morgan fingerprint density at radius 1 is 1.32 bits per heavy atom. The van der Waals surface area contributed by atoms with Crippen molar-refractivity contribution in [2.45, 2.75) is 13.1 Å². The number of rotatable bonds is 2. The number of hydrogen-bond acceptors (Lipinski definition) is 4. The Labute approximate surface area is 109 Å². The lowest BCUT2D eigenvalue weighted by Gasteiger charge is -2.09. The Morgan fingerprint density at radius 2 is 2.00 bits per heavy atom. The summed E-state index contributed by atoms with van der Waals surface area (Å²) in [6.45, 7) is 1.52. The average Bonchev–Trinajstić information content (AvgIpc) is 2.73. The van der Waals surface area contributed by atoms with E-state index in [4.69, 9.17) is 0 Å². The van der Waals surface area contributed by atoms with E-state index >= 15 is 0 Å². The number of nitrogens with zero attached hydrogens (tertiary/aromatic N) is 2. The van der Waals surface area contributed by atoms with E-state index in [9.17, 15) is 22.4 Å². The number of halogens is 4. The van der Waals surface area contributed by atoms with Gasteiger partial charge < -0.3 is 0 Å². The Balaban J connectivity index is 2.48. The third kappa shape index (κ3) is 2.62. The zero-order valence-corrected chi connectivity index (χ0v) is 10.3. The first kappa shape index (κ1) is 13.6. The molecule has 0 N–H and O–H groups in total. The van der Waals surface area contributed by atoms with Crippen molar-refractivity contribution < 1.29 is 22.4 Å². The van der Waals surface area contributed by atoms with Crippen LogP contribution in [0.2, 0.25) is 0 Å². The molecule has 0 bridgehead atoms. The fraction of sp³-hybridized carbons (Fsp3) is 0.182. The summed E-state index contributed by atoms with van der Waals surface area (Å²) in [6.07, 6.45) is -4.85. The molecule has 0 unspecified atom stereocenters. The second kappa shape index (κ2) is 4.69. The molecular formula is C11H6F4N2OS. The molecule has 1 heterocycles. The van der Waals surface area contributed by atoms with E-state index in [0.717, 1.165) is 17.6 Å². The summed E-state index contributed by atoms with van der Waals surface area (Å²) in [6, 6.07) is 2.13. The highest BCUT2D eigenvalue weighted by molar-refractivity contribution is 7.08. The smallest absolute Gasteiger partial charge is 0.288 e. The van der Waals surface area contributed by atoms with Crippen molar-refractivity contribution in [2.75, 3.05) is 0 Å². The molecule has 8 heteroatoms. The lowest BCUT2D eigenvalue weighted by molar-refractivity contribution is -0.140. The zero-order valence-electron chi connectivity index (χ0n) is 9.45. The highest BCUT2D eigenvalue weighted by Crippen LogP contribution is 2.32. The minimum Gasteiger partial charge on any atom is -0.288 e. The quantitative estimate of drug-likeness (QED) is 0.630. The SMILES string of the molecule is Cc1nnsc1C(=O)c1ccc(F)c(C(F)(F)F)c1. The van der Waals surface area contributed by atoms with Gasteiger partial charge in [0.1, 0.15) is 10.7 Å². The van der Waals surface area contributed by atoms with Gasteiger partial charge in [0.05, 0.1) is 11.3 Å². The Morgan fingerprint density at radius 3 is 2.53 bits per heavy atom. The molecule has 2 aromatic rings. The molecule has 0 radical (unpaired) electrons. The van der Waals surface area contributed by atoms with Crippen molar-refractivity contribution in [2.24, 2.45) is 0 Å². The molecule has 0 aliphatic carbocycles. The number of hydrogen-bond donors (Lipinski definition) is 0. The second-order valence-corrected chi connectivity index (χ2v) is 4.46. The molecule has 0 atom stereocenters. The van der Waals surface area contributed by atoms with E-state index in [2.05, 4.69) is 9.59 Å². The van der Waals surface area contributed by atoms with E-state index in [1.165, 1.54) is 6.92 Å². The first-order valence-electron chi connectivity index (χ1n) is 5.01. The predicted molar refractivity (Wildman–Crippen MR) is 59.5 cm³/mol. The van der Waals surface area contributed by atoms with E-state index in [1.807, 2.05) is 0 Å². The molecule has 0 aliphatic rings. The second-order valence-electron chi connectivity index (χ2n) is 3.71.